The summed E-state index contributed by atoms with van der Waals surface area (Å²) in [7, 11) is 1.71. The number of fused-ring (bicyclic) bond motifs is 1. The lowest BCUT2D eigenvalue weighted by Crippen LogP contribution is -1.95. The zero-order valence-corrected chi connectivity index (χ0v) is 9.18. The molecule has 2 aromatic rings. The number of pyridine rings is 1. The summed E-state index contributed by atoms with van der Waals surface area (Å²) < 4.78 is 5.55. The van der Waals surface area contributed by atoms with Crippen molar-refractivity contribution in [3.05, 3.63) is 41.4 Å². The molecule has 1 aromatic carbocycles. The molecule has 0 aliphatic heterocycles. The molecule has 0 N–H and O–H groups in total. The van der Waals surface area contributed by atoms with Gasteiger partial charge in [0.1, 0.15) is 18.8 Å². The molecule has 0 unspecified atom stereocenters. The lowest BCUT2D eigenvalue weighted by molar-refractivity contribution is 0.327. The standard InChI is InChI=1S/C13H13N2O/c1-14-7-3-9-16-12-6-5-11-4-2-8-15-13(11)10-12/h2,4-6,8,10H,3,9H2,1H3/q+1. The van der Waals surface area contributed by atoms with Crippen LogP contribution < -0.4 is 4.74 Å². The van der Waals surface area contributed by atoms with Gasteiger partial charge in [0, 0.05) is 17.6 Å². The zero-order chi connectivity index (χ0) is 11.2. The number of ether oxygens (including phenoxy) is 1. The summed E-state index contributed by atoms with van der Waals surface area (Å²) in [6.07, 6.45) is 2.49. The van der Waals surface area contributed by atoms with Gasteiger partial charge in [-0.05, 0) is 18.2 Å². The third kappa shape index (κ3) is 2.48. The van der Waals surface area contributed by atoms with Crippen molar-refractivity contribution in [2.24, 2.45) is 0 Å². The van der Waals surface area contributed by atoms with E-state index >= 15 is 0 Å². The fraction of sp³-hybridized carbons (Fsp3) is 0.231. The number of nitrogens with zero attached hydrogens (tertiary/aromatic N) is 2. The summed E-state index contributed by atoms with van der Waals surface area (Å²) in [5.41, 5.74) is 0.952. The highest BCUT2D eigenvalue weighted by atomic mass is 16.5. The zero-order valence-electron chi connectivity index (χ0n) is 9.18. The number of aromatic nitrogens is 1. The van der Waals surface area contributed by atoms with Gasteiger partial charge in [-0.15, -0.1) is 0 Å². The molecule has 80 valence electrons. The van der Waals surface area contributed by atoms with Gasteiger partial charge < -0.3 is 4.74 Å². The second kappa shape index (κ2) is 5.13. The van der Waals surface area contributed by atoms with Gasteiger partial charge >= 0.3 is 0 Å². The second-order valence-electron chi connectivity index (χ2n) is 3.34. The summed E-state index contributed by atoms with van der Waals surface area (Å²) in [5.74, 6) is 0.837. The minimum atomic E-state index is 0.593. The van der Waals surface area contributed by atoms with Crippen LogP contribution in [0.15, 0.2) is 36.5 Å². The van der Waals surface area contributed by atoms with Crippen LogP contribution in [0.5, 0.6) is 5.75 Å². The van der Waals surface area contributed by atoms with Crippen LogP contribution in [0.2, 0.25) is 0 Å². The van der Waals surface area contributed by atoms with Crippen LogP contribution in [0.4, 0.5) is 0 Å². The molecule has 0 aliphatic carbocycles. The molecule has 16 heavy (non-hydrogen) atoms. The molecule has 0 amide bonds. The van der Waals surface area contributed by atoms with Gasteiger partial charge in [0.15, 0.2) is 0 Å². The fourth-order valence-electron chi connectivity index (χ4n) is 1.46. The van der Waals surface area contributed by atoms with Gasteiger partial charge in [-0.1, -0.05) is 10.9 Å². The number of rotatable bonds is 3. The van der Waals surface area contributed by atoms with Crippen molar-refractivity contribution in [3.8, 4) is 11.8 Å². The van der Waals surface area contributed by atoms with Crippen LogP contribution in [-0.4, -0.2) is 18.6 Å². The first-order valence-electron chi connectivity index (χ1n) is 5.19. The summed E-state index contributed by atoms with van der Waals surface area (Å²) >= 11 is 0. The molecular formula is C13H13N2O+. The summed E-state index contributed by atoms with van der Waals surface area (Å²) in [4.78, 5) is 8.05. The lowest BCUT2D eigenvalue weighted by Gasteiger charge is -2.03. The molecule has 3 heteroatoms. The monoisotopic (exact) mass is 213 g/mol. The Kier molecular flexibility index (Phi) is 3.35. The highest BCUT2D eigenvalue weighted by Crippen LogP contribution is 2.18. The molecule has 3 nitrogen and oxygen atoms in total. The average Bonchev–Trinajstić information content (AvgIpc) is 2.34. The number of hydrogen-bond acceptors (Lipinski definition) is 2. The van der Waals surface area contributed by atoms with Crippen molar-refractivity contribution in [1.29, 1.82) is 0 Å². The van der Waals surface area contributed by atoms with E-state index in [1.54, 1.807) is 13.2 Å². The predicted molar refractivity (Wildman–Crippen MR) is 65.0 cm³/mol. The average molecular weight is 213 g/mol. The quantitative estimate of drug-likeness (QED) is 0.733. The molecule has 1 heterocycles. The molecule has 0 fully saturated rings. The molecule has 0 bridgehead atoms. The van der Waals surface area contributed by atoms with Gasteiger partial charge in [0.05, 0.1) is 5.52 Å². The van der Waals surface area contributed by atoms with Crippen LogP contribution in [0.25, 0.3) is 15.7 Å². The van der Waals surface area contributed by atoms with E-state index in [1.807, 2.05) is 30.3 Å². The molecule has 0 saturated carbocycles. The maximum absolute atomic E-state index is 5.55. The minimum absolute atomic E-state index is 0.593. The normalized spacial score (nSPS) is 9.56. The van der Waals surface area contributed by atoms with E-state index in [0.29, 0.717) is 13.0 Å². The predicted octanol–water partition coefficient (Wildman–Crippen LogP) is 2.97. The van der Waals surface area contributed by atoms with Crippen molar-refractivity contribution in [1.82, 2.24) is 4.98 Å². The Balaban J connectivity index is 2.09. The van der Waals surface area contributed by atoms with Gasteiger partial charge in [-0.25, -0.2) is 0 Å². The van der Waals surface area contributed by atoms with E-state index in [4.69, 9.17) is 4.74 Å². The number of hydrogen-bond donors (Lipinski definition) is 0. The van der Waals surface area contributed by atoms with Crippen molar-refractivity contribution in [3.63, 3.8) is 0 Å². The van der Waals surface area contributed by atoms with Crippen LogP contribution in [0.1, 0.15) is 6.42 Å². The van der Waals surface area contributed by atoms with Crippen LogP contribution in [0, 0.1) is 6.07 Å². The van der Waals surface area contributed by atoms with Crippen molar-refractivity contribution < 1.29 is 4.74 Å². The Bertz CT molecular complexity index is 540. The van der Waals surface area contributed by atoms with Crippen LogP contribution >= 0.6 is 0 Å². The number of benzene rings is 1. The Morgan fingerprint density at radius 1 is 1.38 bits per heavy atom. The first-order valence-corrected chi connectivity index (χ1v) is 5.19. The molecule has 2 rings (SSSR count). The molecule has 0 radical (unpaired) electrons. The van der Waals surface area contributed by atoms with Crippen molar-refractivity contribution in [2.45, 2.75) is 6.42 Å². The topological polar surface area (TPSA) is 26.5 Å². The maximum atomic E-state index is 5.55. The van der Waals surface area contributed by atoms with E-state index in [-0.39, 0.29) is 0 Å². The fourth-order valence-corrected chi connectivity index (χ4v) is 1.46. The van der Waals surface area contributed by atoms with Crippen LogP contribution in [0.3, 0.4) is 0 Å². The first kappa shape index (κ1) is 10.4. The van der Waals surface area contributed by atoms with E-state index in [2.05, 4.69) is 15.9 Å². The van der Waals surface area contributed by atoms with Gasteiger partial charge in [-0.2, -0.15) is 0 Å². The summed E-state index contributed by atoms with van der Waals surface area (Å²) in [6.45, 7) is 0.593. The summed E-state index contributed by atoms with van der Waals surface area (Å²) in [6, 6.07) is 12.7. The molecule has 0 spiro atoms. The molecule has 0 saturated heterocycles. The van der Waals surface area contributed by atoms with Crippen molar-refractivity contribution in [2.75, 3.05) is 13.7 Å². The van der Waals surface area contributed by atoms with Gasteiger partial charge in [0.25, 0.3) is 13.1 Å². The van der Waals surface area contributed by atoms with Crippen molar-refractivity contribution >= 4 is 10.9 Å². The van der Waals surface area contributed by atoms with E-state index in [1.165, 1.54) is 0 Å². The second-order valence-corrected chi connectivity index (χ2v) is 3.34. The van der Waals surface area contributed by atoms with E-state index in [0.717, 1.165) is 16.7 Å². The molecule has 1 aromatic heterocycles. The Labute approximate surface area is 94.5 Å². The summed E-state index contributed by atoms with van der Waals surface area (Å²) in [5, 5.41) is 1.12. The van der Waals surface area contributed by atoms with Gasteiger partial charge in [-0.3, -0.25) is 4.98 Å². The molecular weight excluding hydrogens is 200 g/mol. The Morgan fingerprint density at radius 2 is 2.31 bits per heavy atom. The van der Waals surface area contributed by atoms with E-state index in [9.17, 15) is 0 Å². The Hall–Kier alpha value is -2.08. The molecule has 0 atom stereocenters. The third-order valence-electron chi connectivity index (χ3n) is 2.22. The maximum Gasteiger partial charge on any atom is 0.276 e. The van der Waals surface area contributed by atoms with Gasteiger partial charge in [0.2, 0.25) is 0 Å². The third-order valence-corrected chi connectivity index (χ3v) is 2.22. The molecule has 0 aliphatic rings. The smallest absolute Gasteiger partial charge is 0.276 e. The highest BCUT2D eigenvalue weighted by molar-refractivity contribution is 5.79. The lowest BCUT2D eigenvalue weighted by atomic mass is 10.2. The Morgan fingerprint density at radius 3 is 3.19 bits per heavy atom. The highest BCUT2D eigenvalue weighted by Gasteiger charge is 1.98. The van der Waals surface area contributed by atoms with Crippen LogP contribution in [-0.2, 0) is 0 Å². The largest absolute Gasteiger partial charge is 0.492 e. The first-order chi connectivity index (χ1) is 7.90. The van der Waals surface area contributed by atoms with E-state index < -0.39 is 0 Å². The SMILES string of the molecule is C[N+]#CCCOc1ccc2cccnc2c1. The minimum Gasteiger partial charge on any atom is -0.492 e.